The molecule has 0 amide bonds. The van der Waals surface area contributed by atoms with Crippen molar-refractivity contribution in [2.45, 2.75) is 19.4 Å². The van der Waals surface area contributed by atoms with Gasteiger partial charge < -0.3 is 5.73 Å². The van der Waals surface area contributed by atoms with Crippen LogP contribution in [-0.4, -0.2) is 4.98 Å². The maximum absolute atomic E-state index is 6.03. The number of rotatable bonds is 2. The predicted molar refractivity (Wildman–Crippen MR) is 59.0 cm³/mol. The molecule has 0 spiro atoms. The van der Waals surface area contributed by atoms with Crippen LogP contribution in [0.5, 0.6) is 0 Å². The van der Waals surface area contributed by atoms with Gasteiger partial charge in [0.1, 0.15) is 0 Å². The van der Waals surface area contributed by atoms with Crippen LogP contribution in [0.1, 0.15) is 24.9 Å². The molecule has 1 aromatic carbocycles. The molecule has 2 heteroatoms. The van der Waals surface area contributed by atoms with E-state index in [0.717, 1.165) is 6.42 Å². The molecule has 0 radical (unpaired) electrons. The minimum absolute atomic E-state index is 0.114. The molecule has 2 N–H and O–H groups in total. The van der Waals surface area contributed by atoms with Crippen LogP contribution in [0.2, 0.25) is 0 Å². The number of fused-ring (bicyclic) bond motifs is 1. The fraction of sp³-hybridized carbons (Fsp3) is 0.250. The standard InChI is InChI=1S/C12H14N2/c1-2-12(13)10-5-3-4-9-6-7-14-8-11(9)10/h3-8,12H,2,13H2,1H3/t12-/m1/s1. The normalized spacial score (nSPS) is 13.0. The lowest BCUT2D eigenvalue weighted by molar-refractivity contribution is 0.704. The van der Waals surface area contributed by atoms with E-state index in [1.54, 1.807) is 0 Å². The smallest absolute Gasteiger partial charge is 0.0349 e. The number of nitrogens with two attached hydrogens (primary N) is 1. The van der Waals surface area contributed by atoms with Crippen LogP contribution in [0, 0.1) is 0 Å². The molecule has 1 heterocycles. The molecule has 0 aliphatic carbocycles. The third-order valence-electron chi connectivity index (χ3n) is 2.56. The molecule has 0 aliphatic heterocycles. The van der Waals surface area contributed by atoms with Gasteiger partial charge in [-0.1, -0.05) is 25.1 Å². The van der Waals surface area contributed by atoms with Crippen molar-refractivity contribution in [3.05, 3.63) is 42.2 Å². The van der Waals surface area contributed by atoms with Crippen LogP contribution in [0.4, 0.5) is 0 Å². The Labute approximate surface area is 83.8 Å². The summed E-state index contributed by atoms with van der Waals surface area (Å²) in [6.07, 6.45) is 4.65. The first-order chi connectivity index (χ1) is 6.83. The van der Waals surface area contributed by atoms with Crippen LogP contribution in [0.3, 0.4) is 0 Å². The van der Waals surface area contributed by atoms with E-state index >= 15 is 0 Å². The minimum atomic E-state index is 0.114. The maximum atomic E-state index is 6.03. The predicted octanol–water partition coefficient (Wildman–Crippen LogP) is 2.64. The summed E-state index contributed by atoms with van der Waals surface area (Å²) in [7, 11) is 0. The van der Waals surface area contributed by atoms with Gasteiger partial charge in [0, 0.05) is 23.8 Å². The van der Waals surface area contributed by atoms with Gasteiger partial charge in [-0.3, -0.25) is 4.98 Å². The van der Waals surface area contributed by atoms with E-state index < -0.39 is 0 Å². The van der Waals surface area contributed by atoms with Gasteiger partial charge in [0.2, 0.25) is 0 Å². The van der Waals surface area contributed by atoms with Gasteiger partial charge in [-0.05, 0) is 23.4 Å². The lowest BCUT2D eigenvalue weighted by Gasteiger charge is -2.11. The van der Waals surface area contributed by atoms with E-state index in [9.17, 15) is 0 Å². The fourth-order valence-electron chi connectivity index (χ4n) is 1.68. The largest absolute Gasteiger partial charge is 0.324 e. The average molecular weight is 186 g/mol. The number of hydrogen-bond acceptors (Lipinski definition) is 2. The molecule has 1 aromatic heterocycles. The van der Waals surface area contributed by atoms with Crippen molar-refractivity contribution >= 4 is 10.8 Å². The van der Waals surface area contributed by atoms with Crippen molar-refractivity contribution in [2.75, 3.05) is 0 Å². The molecule has 0 bridgehead atoms. The summed E-state index contributed by atoms with van der Waals surface area (Å²) in [5, 5.41) is 2.38. The monoisotopic (exact) mass is 186 g/mol. The van der Waals surface area contributed by atoms with Crippen molar-refractivity contribution in [1.82, 2.24) is 4.98 Å². The molecule has 0 saturated heterocycles. The van der Waals surface area contributed by atoms with Crippen molar-refractivity contribution in [1.29, 1.82) is 0 Å². The Balaban J connectivity index is 2.65. The summed E-state index contributed by atoms with van der Waals surface area (Å²) in [6.45, 7) is 2.10. The van der Waals surface area contributed by atoms with E-state index in [0.29, 0.717) is 0 Å². The number of hydrogen-bond donors (Lipinski definition) is 1. The zero-order valence-corrected chi connectivity index (χ0v) is 8.27. The van der Waals surface area contributed by atoms with Gasteiger partial charge in [0.05, 0.1) is 0 Å². The average Bonchev–Trinajstić information content (AvgIpc) is 2.27. The van der Waals surface area contributed by atoms with Crippen molar-refractivity contribution in [3.8, 4) is 0 Å². The van der Waals surface area contributed by atoms with Gasteiger partial charge in [0.25, 0.3) is 0 Å². The number of pyridine rings is 1. The highest BCUT2D eigenvalue weighted by Crippen LogP contribution is 2.23. The summed E-state index contributed by atoms with van der Waals surface area (Å²) < 4.78 is 0. The maximum Gasteiger partial charge on any atom is 0.0349 e. The summed E-state index contributed by atoms with van der Waals surface area (Å²) >= 11 is 0. The minimum Gasteiger partial charge on any atom is -0.324 e. The highest BCUT2D eigenvalue weighted by atomic mass is 14.6. The quantitative estimate of drug-likeness (QED) is 0.783. The first-order valence-corrected chi connectivity index (χ1v) is 4.91. The van der Waals surface area contributed by atoms with E-state index in [-0.39, 0.29) is 6.04 Å². The zero-order chi connectivity index (χ0) is 9.97. The van der Waals surface area contributed by atoms with Crippen LogP contribution in [-0.2, 0) is 0 Å². The molecule has 0 unspecified atom stereocenters. The summed E-state index contributed by atoms with van der Waals surface area (Å²) in [6, 6.07) is 8.35. The zero-order valence-electron chi connectivity index (χ0n) is 8.27. The van der Waals surface area contributed by atoms with E-state index in [1.165, 1.54) is 16.3 Å². The van der Waals surface area contributed by atoms with Crippen LogP contribution >= 0.6 is 0 Å². The Kier molecular flexibility index (Phi) is 2.46. The van der Waals surface area contributed by atoms with Gasteiger partial charge >= 0.3 is 0 Å². The van der Waals surface area contributed by atoms with Crippen molar-refractivity contribution < 1.29 is 0 Å². The topological polar surface area (TPSA) is 38.9 Å². The molecule has 2 rings (SSSR count). The summed E-state index contributed by atoms with van der Waals surface area (Å²) in [5.74, 6) is 0. The fourth-order valence-corrected chi connectivity index (χ4v) is 1.68. The Morgan fingerprint density at radius 3 is 3.00 bits per heavy atom. The van der Waals surface area contributed by atoms with E-state index in [2.05, 4.69) is 24.0 Å². The molecule has 2 nitrogen and oxygen atoms in total. The Bertz CT molecular complexity index is 432. The SMILES string of the molecule is CC[C@@H](N)c1cccc2ccncc12. The third kappa shape index (κ3) is 1.49. The molecule has 72 valence electrons. The highest BCUT2D eigenvalue weighted by molar-refractivity contribution is 5.85. The Morgan fingerprint density at radius 1 is 1.36 bits per heavy atom. The van der Waals surface area contributed by atoms with Gasteiger partial charge in [-0.15, -0.1) is 0 Å². The molecule has 0 aliphatic rings. The lowest BCUT2D eigenvalue weighted by Crippen LogP contribution is -2.08. The Morgan fingerprint density at radius 2 is 2.21 bits per heavy atom. The van der Waals surface area contributed by atoms with E-state index in [1.807, 2.05) is 24.5 Å². The van der Waals surface area contributed by atoms with Gasteiger partial charge in [0.15, 0.2) is 0 Å². The van der Waals surface area contributed by atoms with Crippen LogP contribution < -0.4 is 5.73 Å². The third-order valence-corrected chi connectivity index (χ3v) is 2.56. The molecule has 14 heavy (non-hydrogen) atoms. The van der Waals surface area contributed by atoms with Gasteiger partial charge in [-0.25, -0.2) is 0 Å². The molecule has 2 aromatic rings. The van der Waals surface area contributed by atoms with Gasteiger partial charge in [-0.2, -0.15) is 0 Å². The lowest BCUT2D eigenvalue weighted by atomic mass is 9.99. The second-order valence-corrected chi connectivity index (χ2v) is 3.46. The molecule has 0 fully saturated rings. The molecular weight excluding hydrogens is 172 g/mol. The van der Waals surface area contributed by atoms with Crippen LogP contribution in [0.15, 0.2) is 36.7 Å². The molecule has 0 saturated carbocycles. The van der Waals surface area contributed by atoms with Crippen molar-refractivity contribution in [2.24, 2.45) is 5.73 Å². The second kappa shape index (κ2) is 3.76. The number of aromatic nitrogens is 1. The molecular formula is C12H14N2. The highest BCUT2D eigenvalue weighted by Gasteiger charge is 2.06. The van der Waals surface area contributed by atoms with E-state index in [4.69, 9.17) is 5.73 Å². The first-order valence-electron chi connectivity index (χ1n) is 4.91. The van der Waals surface area contributed by atoms with Crippen molar-refractivity contribution in [3.63, 3.8) is 0 Å². The number of benzene rings is 1. The summed E-state index contributed by atoms with van der Waals surface area (Å²) in [5.41, 5.74) is 7.23. The number of nitrogens with zero attached hydrogens (tertiary/aromatic N) is 1. The first kappa shape index (κ1) is 9.16. The van der Waals surface area contributed by atoms with Crippen LogP contribution in [0.25, 0.3) is 10.8 Å². The molecule has 1 atom stereocenters. The Hall–Kier alpha value is -1.41. The second-order valence-electron chi connectivity index (χ2n) is 3.46. The summed E-state index contributed by atoms with van der Waals surface area (Å²) in [4.78, 5) is 4.13.